The van der Waals surface area contributed by atoms with E-state index in [1.165, 1.54) is 17.7 Å². The fraction of sp³-hybridized carbons (Fsp3) is 0.350. The van der Waals surface area contributed by atoms with Crippen molar-refractivity contribution in [1.29, 1.82) is 0 Å². The van der Waals surface area contributed by atoms with Crippen LogP contribution in [-0.4, -0.2) is 5.91 Å². The van der Waals surface area contributed by atoms with E-state index < -0.39 is 0 Å². The summed E-state index contributed by atoms with van der Waals surface area (Å²) in [6, 6.07) is 12.2. The van der Waals surface area contributed by atoms with Crippen LogP contribution in [0.25, 0.3) is 0 Å². The van der Waals surface area contributed by atoms with Crippen LogP contribution in [-0.2, 0) is 11.2 Å². The first kappa shape index (κ1) is 17.2. The van der Waals surface area contributed by atoms with Gasteiger partial charge in [-0.1, -0.05) is 52.0 Å². The van der Waals surface area contributed by atoms with Crippen molar-refractivity contribution in [3.8, 4) is 0 Å². The molecular weight excluding hydrogens is 289 g/mol. The van der Waals surface area contributed by atoms with E-state index in [0.29, 0.717) is 11.8 Å². The van der Waals surface area contributed by atoms with E-state index in [-0.39, 0.29) is 18.1 Å². The maximum Gasteiger partial charge on any atom is 0.228 e. The summed E-state index contributed by atoms with van der Waals surface area (Å²) in [6.07, 6.45) is 0.240. The van der Waals surface area contributed by atoms with Crippen molar-refractivity contribution in [3.63, 3.8) is 0 Å². The molecule has 0 unspecified atom stereocenters. The molecule has 1 amide bonds. The van der Waals surface area contributed by atoms with Gasteiger partial charge in [-0.3, -0.25) is 4.79 Å². The summed E-state index contributed by atoms with van der Waals surface area (Å²) in [5, 5.41) is 2.99. The maximum absolute atomic E-state index is 12.9. The molecule has 2 nitrogen and oxygen atoms in total. The van der Waals surface area contributed by atoms with Crippen molar-refractivity contribution >= 4 is 11.6 Å². The van der Waals surface area contributed by atoms with Gasteiger partial charge in [0.2, 0.25) is 5.91 Å². The molecule has 2 aromatic rings. The summed E-state index contributed by atoms with van der Waals surface area (Å²) in [5.74, 6) is 0.405. The normalized spacial score (nSPS) is 11.1. The van der Waals surface area contributed by atoms with Gasteiger partial charge in [0.05, 0.1) is 6.42 Å². The number of benzene rings is 2. The zero-order valence-electron chi connectivity index (χ0n) is 14.2. The Labute approximate surface area is 137 Å². The molecular formula is C20H24FNO. The van der Waals surface area contributed by atoms with Crippen molar-refractivity contribution in [1.82, 2.24) is 0 Å². The predicted octanol–water partition coefficient (Wildman–Crippen LogP) is 5.25. The average molecular weight is 313 g/mol. The lowest BCUT2D eigenvalue weighted by molar-refractivity contribution is -0.115. The van der Waals surface area contributed by atoms with Crippen LogP contribution in [0.2, 0.25) is 0 Å². The van der Waals surface area contributed by atoms with E-state index in [4.69, 9.17) is 0 Å². The SMILES string of the molecule is CC(C)c1ccc(NC(=O)Cc2ccc(F)cc2)c(C(C)C)c1. The number of anilines is 1. The number of carbonyl (C=O) groups is 1. The Hall–Kier alpha value is -2.16. The molecule has 0 radical (unpaired) electrons. The third kappa shape index (κ3) is 4.65. The fourth-order valence-corrected chi connectivity index (χ4v) is 2.51. The molecule has 0 aromatic heterocycles. The summed E-state index contributed by atoms with van der Waals surface area (Å²) in [4.78, 5) is 12.3. The van der Waals surface area contributed by atoms with Crippen LogP contribution in [0.4, 0.5) is 10.1 Å². The molecule has 0 fully saturated rings. The highest BCUT2D eigenvalue weighted by molar-refractivity contribution is 5.93. The number of hydrogen-bond acceptors (Lipinski definition) is 1. The molecule has 1 N–H and O–H groups in total. The quantitative estimate of drug-likeness (QED) is 0.802. The summed E-state index contributed by atoms with van der Waals surface area (Å²) in [7, 11) is 0. The number of nitrogens with one attached hydrogen (secondary N) is 1. The van der Waals surface area contributed by atoms with Crippen molar-refractivity contribution in [2.24, 2.45) is 0 Å². The van der Waals surface area contributed by atoms with Crippen LogP contribution in [0.3, 0.4) is 0 Å². The predicted molar refractivity (Wildman–Crippen MR) is 93.4 cm³/mol. The Balaban J connectivity index is 2.15. The Morgan fingerprint density at radius 2 is 1.65 bits per heavy atom. The largest absolute Gasteiger partial charge is 0.326 e. The van der Waals surface area contributed by atoms with Gasteiger partial charge in [-0.05, 0) is 46.7 Å². The third-order valence-electron chi connectivity index (χ3n) is 3.92. The fourth-order valence-electron chi connectivity index (χ4n) is 2.51. The van der Waals surface area contributed by atoms with Gasteiger partial charge in [0, 0.05) is 5.69 Å². The molecule has 0 spiro atoms. The highest BCUT2D eigenvalue weighted by atomic mass is 19.1. The average Bonchev–Trinajstić information content (AvgIpc) is 2.49. The minimum absolute atomic E-state index is 0.0872. The van der Waals surface area contributed by atoms with Gasteiger partial charge >= 0.3 is 0 Å². The highest BCUT2D eigenvalue weighted by Gasteiger charge is 2.12. The van der Waals surface area contributed by atoms with E-state index in [0.717, 1.165) is 16.8 Å². The molecule has 2 rings (SSSR count). The van der Waals surface area contributed by atoms with Crippen LogP contribution >= 0.6 is 0 Å². The minimum atomic E-state index is -0.291. The molecule has 0 bridgehead atoms. The van der Waals surface area contributed by atoms with Crippen LogP contribution < -0.4 is 5.32 Å². The monoisotopic (exact) mass is 313 g/mol. The first-order valence-corrected chi connectivity index (χ1v) is 8.05. The summed E-state index contributed by atoms with van der Waals surface area (Å²) in [5.41, 5.74) is 4.07. The number of amides is 1. The first-order chi connectivity index (χ1) is 10.9. The van der Waals surface area contributed by atoms with E-state index in [1.54, 1.807) is 12.1 Å². The molecule has 122 valence electrons. The van der Waals surface area contributed by atoms with Crippen molar-refractivity contribution < 1.29 is 9.18 Å². The van der Waals surface area contributed by atoms with Gasteiger partial charge in [0.25, 0.3) is 0 Å². The van der Waals surface area contributed by atoms with Gasteiger partial charge in [0.15, 0.2) is 0 Å². The van der Waals surface area contributed by atoms with E-state index in [1.807, 2.05) is 6.07 Å². The molecule has 23 heavy (non-hydrogen) atoms. The summed E-state index contributed by atoms with van der Waals surface area (Å²) < 4.78 is 12.9. The molecule has 0 atom stereocenters. The smallest absolute Gasteiger partial charge is 0.228 e. The number of halogens is 1. The molecule has 0 aliphatic rings. The second-order valence-corrected chi connectivity index (χ2v) is 6.51. The van der Waals surface area contributed by atoms with Gasteiger partial charge < -0.3 is 5.32 Å². The molecule has 0 aliphatic heterocycles. The minimum Gasteiger partial charge on any atom is -0.326 e. The van der Waals surface area contributed by atoms with E-state index >= 15 is 0 Å². The van der Waals surface area contributed by atoms with E-state index in [9.17, 15) is 9.18 Å². The van der Waals surface area contributed by atoms with Gasteiger partial charge in [-0.2, -0.15) is 0 Å². The van der Waals surface area contributed by atoms with Crippen LogP contribution in [0.1, 0.15) is 56.2 Å². The molecule has 0 saturated carbocycles. The Morgan fingerprint density at radius 3 is 2.22 bits per heavy atom. The lowest BCUT2D eigenvalue weighted by Crippen LogP contribution is -2.16. The number of hydrogen-bond donors (Lipinski definition) is 1. The number of carbonyl (C=O) groups excluding carboxylic acids is 1. The van der Waals surface area contributed by atoms with Gasteiger partial charge in [0.1, 0.15) is 5.82 Å². The highest BCUT2D eigenvalue weighted by Crippen LogP contribution is 2.28. The molecule has 0 saturated heterocycles. The summed E-state index contributed by atoms with van der Waals surface area (Å²) in [6.45, 7) is 8.56. The Kier molecular flexibility index (Phi) is 5.54. The summed E-state index contributed by atoms with van der Waals surface area (Å²) >= 11 is 0. The van der Waals surface area contributed by atoms with Crippen LogP contribution in [0.5, 0.6) is 0 Å². The first-order valence-electron chi connectivity index (χ1n) is 8.05. The molecule has 0 aliphatic carbocycles. The standard InChI is InChI=1S/C20H24FNO/c1-13(2)16-7-10-19(18(12-16)14(3)4)22-20(23)11-15-5-8-17(21)9-6-15/h5-10,12-14H,11H2,1-4H3,(H,22,23). The zero-order valence-corrected chi connectivity index (χ0v) is 14.2. The van der Waals surface area contributed by atoms with Crippen molar-refractivity contribution in [2.45, 2.75) is 46.0 Å². The molecule has 3 heteroatoms. The van der Waals surface area contributed by atoms with E-state index in [2.05, 4.69) is 45.1 Å². The van der Waals surface area contributed by atoms with Crippen molar-refractivity contribution in [2.75, 3.05) is 5.32 Å². The van der Waals surface area contributed by atoms with Crippen LogP contribution in [0.15, 0.2) is 42.5 Å². The Bertz CT molecular complexity index is 675. The lowest BCUT2D eigenvalue weighted by atomic mass is 9.94. The van der Waals surface area contributed by atoms with Crippen LogP contribution in [0, 0.1) is 5.82 Å². The van der Waals surface area contributed by atoms with Gasteiger partial charge in [-0.15, -0.1) is 0 Å². The van der Waals surface area contributed by atoms with Gasteiger partial charge in [-0.25, -0.2) is 4.39 Å². The Morgan fingerprint density at radius 1 is 1.00 bits per heavy atom. The lowest BCUT2D eigenvalue weighted by Gasteiger charge is -2.17. The van der Waals surface area contributed by atoms with Crippen molar-refractivity contribution in [3.05, 3.63) is 65.0 Å². The third-order valence-corrected chi connectivity index (χ3v) is 3.92. The second kappa shape index (κ2) is 7.40. The molecule has 2 aromatic carbocycles. The second-order valence-electron chi connectivity index (χ2n) is 6.51. The maximum atomic E-state index is 12.9. The zero-order chi connectivity index (χ0) is 17.0. The number of rotatable bonds is 5. The topological polar surface area (TPSA) is 29.1 Å². The molecule has 0 heterocycles.